The van der Waals surface area contributed by atoms with Gasteiger partial charge in [-0.05, 0) is 30.9 Å². The van der Waals surface area contributed by atoms with Crippen molar-refractivity contribution in [2.75, 3.05) is 5.32 Å². The zero-order chi connectivity index (χ0) is 17.2. The van der Waals surface area contributed by atoms with Crippen LogP contribution in [0.3, 0.4) is 0 Å². The molecule has 1 N–H and O–H groups in total. The number of amides is 1. The van der Waals surface area contributed by atoms with E-state index in [4.69, 9.17) is 9.26 Å². The number of aromatic nitrogens is 1. The van der Waals surface area contributed by atoms with Crippen molar-refractivity contribution >= 4 is 11.8 Å². The molecule has 1 unspecified atom stereocenters. The smallest absolute Gasteiger partial charge is 0.412 e. The number of hydrogen-bond donors (Lipinski definition) is 1. The third-order valence-electron chi connectivity index (χ3n) is 4.46. The van der Waals surface area contributed by atoms with E-state index >= 15 is 0 Å². The fourth-order valence-corrected chi connectivity index (χ4v) is 3.21. The highest BCUT2D eigenvalue weighted by Gasteiger charge is 2.26. The second kappa shape index (κ2) is 6.43. The molecule has 2 aromatic carbocycles. The molecule has 1 heterocycles. The van der Waals surface area contributed by atoms with E-state index in [1.54, 1.807) is 6.92 Å². The SMILES string of the molecule is Cc1onc(-c2ccccc2)c1NC(=O)OC1CCc2ccccc21. The Morgan fingerprint density at radius 3 is 2.76 bits per heavy atom. The minimum absolute atomic E-state index is 0.212. The molecule has 4 rings (SSSR count). The van der Waals surface area contributed by atoms with Crippen LogP contribution >= 0.6 is 0 Å². The van der Waals surface area contributed by atoms with Crippen LogP contribution in [0.1, 0.15) is 29.4 Å². The highest BCUT2D eigenvalue weighted by Crippen LogP contribution is 2.35. The summed E-state index contributed by atoms with van der Waals surface area (Å²) in [4.78, 5) is 12.4. The Hall–Kier alpha value is -3.08. The van der Waals surface area contributed by atoms with Gasteiger partial charge in [0, 0.05) is 5.56 Å². The van der Waals surface area contributed by atoms with Gasteiger partial charge in [0.15, 0.2) is 5.76 Å². The van der Waals surface area contributed by atoms with E-state index in [1.165, 1.54) is 5.56 Å². The van der Waals surface area contributed by atoms with Crippen LogP contribution in [0.2, 0.25) is 0 Å². The zero-order valence-corrected chi connectivity index (χ0v) is 13.9. The Kier molecular flexibility index (Phi) is 3.98. The van der Waals surface area contributed by atoms with Gasteiger partial charge < -0.3 is 9.26 Å². The molecule has 1 aromatic heterocycles. The van der Waals surface area contributed by atoms with E-state index in [0.717, 1.165) is 24.0 Å². The maximum absolute atomic E-state index is 12.4. The molecule has 1 atom stereocenters. The van der Waals surface area contributed by atoms with Crippen LogP contribution in [0.25, 0.3) is 11.3 Å². The van der Waals surface area contributed by atoms with Crippen molar-refractivity contribution in [2.24, 2.45) is 0 Å². The first kappa shape index (κ1) is 15.4. The third-order valence-corrected chi connectivity index (χ3v) is 4.46. The summed E-state index contributed by atoms with van der Waals surface area (Å²) in [6.07, 6.45) is 1.03. The van der Waals surface area contributed by atoms with E-state index in [2.05, 4.69) is 16.5 Å². The first-order valence-corrected chi connectivity index (χ1v) is 8.29. The number of carbonyl (C=O) groups is 1. The lowest BCUT2D eigenvalue weighted by molar-refractivity contribution is 0.112. The summed E-state index contributed by atoms with van der Waals surface area (Å²) in [7, 11) is 0. The summed E-state index contributed by atoms with van der Waals surface area (Å²) >= 11 is 0. The maximum Gasteiger partial charge on any atom is 0.412 e. The molecule has 0 radical (unpaired) electrons. The lowest BCUT2D eigenvalue weighted by Gasteiger charge is -2.14. The summed E-state index contributed by atoms with van der Waals surface area (Å²) in [6, 6.07) is 17.7. The third kappa shape index (κ3) is 3.01. The van der Waals surface area contributed by atoms with Crippen molar-refractivity contribution in [3.63, 3.8) is 0 Å². The van der Waals surface area contributed by atoms with E-state index in [9.17, 15) is 4.79 Å². The Bertz CT molecular complexity index is 902. The molecule has 1 aliphatic rings. The summed E-state index contributed by atoms with van der Waals surface area (Å²) in [5.74, 6) is 0.544. The van der Waals surface area contributed by atoms with Crippen LogP contribution < -0.4 is 5.32 Å². The first-order chi connectivity index (χ1) is 12.2. The van der Waals surface area contributed by atoms with Gasteiger partial charge in [-0.3, -0.25) is 5.32 Å². The monoisotopic (exact) mass is 334 g/mol. The molecule has 0 fully saturated rings. The fraction of sp³-hybridized carbons (Fsp3) is 0.200. The van der Waals surface area contributed by atoms with Crippen LogP contribution in [0.15, 0.2) is 59.1 Å². The first-order valence-electron chi connectivity index (χ1n) is 8.29. The van der Waals surface area contributed by atoms with Gasteiger partial charge in [-0.25, -0.2) is 4.79 Å². The lowest BCUT2D eigenvalue weighted by atomic mass is 10.1. The van der Waals surface area contributed by atoms with E-state index in [1.807, 2.05) is 48.5 Å². The van der Waals surface area contributed by atoms with Gasteiger partial charge in [-0.15, -0.1) is 0 Å². The van der Waals surface area contributed by atoms with Crippen LogP contribution in [-0.2, 0) is 11.2 Å². The van der Waals surface area contributed by atoms with Crippen LogP contribution in [-0.4, -0.2) is 11.2 Å². The molecule has 0 saturated carbocycles. The lowest BCUT2D eigenvalue weighted by Crippen LogP contribution is -2.17. The number of nitrogens with zero attached hydrogens (tertiary/aromatic N) is 1. The van der Waals surface area contributed by atoms with Gasteiger partial charge in [0.1, 0.15) is 17.5 Å². The summed E-state index contributed by atoms with van der Waals surface area (Å²) in [5.41, 5.74) is 4.35. The standard InChI is InChI=1S/C20H18N2O3/c1-13-18(19(22-25-13)15-8-3-2-4-9-15)21-20(23)24-17-12-11-14-7-5-6-10-16(14)17/h2-10,17H,11-12H2,1H3,(H,21,23). The van der Waals surface area contributed by atoms with Crippen molar-refractivity contribution in [3.8, 4) is 11.3 Å². The molecule has 0 aliphatic heterocycles. The van der Waals surface area contributed by atoms with Crippen molar-refractivity contribution < 1.29 is 14.1 Å². The van der Waals surface area contributed by atoms with Gasteiger partial charge in [-0.1, -0.05) is 59.8 Å². The molecule has 0 bridgehead atoms. The van der Waals surface area contributed by atoms with Gasteiger partial charge >= 0.3 is 6.09 Å². The predicted octanol–water partition coefficient (Wildman–Crippen LogP) is 4.89. The minimum atomic E-state index is -0.495. The second-order valence-corrected chi connectivity index (χ2v) is 6.08. The highest BCUT2D eigenvalue weighted by atomic mass is 16.6. The Morgan fingerprint density at radius 2 is 1.92 bits per heavy atom. The fourth-order valence-electron chi connectivity index (χ4n) is 3.21. The molecular formula is C20H18N2O3. The number of carbonyl (C=O) groups excluding carboxylic acids is 1. The van der Waals surface area contributed by atoms with Gasteiger partial charge in [0.05, 0.1) is 0 Å². The van der Waals surface area contributed by atoms with E-state index in [-0.39, 0.29) is 6.10 Å². The molecular weight excluding hydrogens is 316 g/mol. The van der Waals surface area contributed by atoms with Crippen molar-refractivity contribution in [1.82, 2.24) is 5.16 Å². The van der Waals surface area contributed by atoms with Crippen molar-refractivity contribution in [3.05, 3.63) is 71.5 Å². The largest absolute Gasteiger partial charge is 0.441 e. The Labute approximate surface area is 145 Å². The number of fused-ring (bicyclic) bond motifs is 1. The number of ether oxygens (including phenoxy) is 1. The van der Waals surface area contributed by atoms with Crippen LogP contribution in [0.5, 0.6) is 0 Å². The van der Waals surface area contributed by atoms with Crippen LogP contribution in [0, 0.1) is 6.92 Å². The number of nitrogens with one attached hydrogen (secondary N) is 1. The zero-order valence-electron chi connectivity index (χ0n) is 13.9. The number of benzene rings is 2. The number of anilines is 1. The molecule has 25 heavy (non-hydrogen) atoms. The summed E-state index contributed by atoms with van der Waals surface area (Å²) in [6.45, 7) is 1.76. The molecule has 5 nitrogen and oxygen atoms in total. The Balaban J connectivity index is 1.52. The second-order valence-electron chi connectivity index (χ2n) is 6.08. The van der Waals surface area contributed by atoms with Crippen molar-refractivity contribution in [1.29, 1.82) is 0 Å². The predicted molar refractivity (Wildman–Crippen MR) is 94.3 cm³/mol. The van der Waals surface area contributed by atoms with E-state index in [0.29, 0.717) is 17.1 Å². The van der Waals surface area contributed by atoms with Gasteiger partial charge in [0.25, 0.3) is 0 Å². The normalized spacial score (nSPS) is 15.6. The molecule has 3 aromatic rings. The van der Waals surface area contributed by atoms with Gasteiger partial charge in [-0.2, -0.15) is 0 Å². The van der Waals surface area contributed by atoms with Gasteiger partial charge in [0.2, 0.25) is 0 Å². The average Bonchev–Trinajstić information content (AvgIpc) is 3.20. The number of rotatable bonds is 3. The topological polar surface area (TPSA) is 64.4 Å². The minimum Gasteiger partial charge on any atom is -0.441 e. The summed E-state index contributed by atoms with van der Waals surface area (Å²) in [5, 5.41) is 6.86. The molecule has 1 aliphatic carbocycles. The average molecular weight is 334 g/mol. The van der Waals surface area contributed by atoms with Crippen LogP contribution in [0.4, 0.5) is 10.5 Å². The maximum atomic E-state index is 12.4. The summed E-state index contributed by atoms with van der Waals surface area (Å²) < 4.78 is 10.9. The Morgan fingerprint density at radius 1 is 1.16 bits per heavy atom. The highest BCUT2D eigenvalue weighted by molar-refractivity contribution is 5.91. The molecule has 5 heteroatoms. The number of aryl methyl sites for hydroxylation is 2. The molecule has 0 saturated heterocycles. The number of hydrogen-bond acceptors (Lipinski definition) is 4. The molecule has 0 spiro atoms. The van der Waals surface area contributed by atoms with Crippen molar-refractivity contribution in [2.45, 2.75) is 25.9 Å². The quantitative estimate of drug-likeness (QED) is 0.741. The van der Waals surface area contributed by atoms with E-state index < -0.39 is 6.09 Å². The molecule has 126 valence electrons. The molecule has 1 amide bonds.